The average molecular weight is 295 g/mol. The van der Waals surface area contributed by atoms with Crippen molar-refractivity contribution in [2.45, 2.75) is 27.9 Å². The van der Waals surface area contributed by atoms with Gasteiger partial charge in [-0.1, -0.05) is 14.9 Å². The standard InChI is InChI=1S/C10H21N3O5.2CH4/c1-8(5-16-4)18-10(15)12-6-11-9(14)17-7-13(2)3;;/h8H,5-7H2,1-4H3,(H,11,14)(H,12,15);2*1H4. The van der Waals surface area contributed by atoms with Crippen LogP contribution in [0.25, 0.3) is 0 Å². The van der Waals surface area contributed by atoms with Gasteiger partial charge in [0.2, 0.25) is 0 Å². The van der Waals surface area contributed by atoms with Crippen LogP contribution < -0.4 is 10.6 Å². The lowest BCUT2D eigenvalue weighted by atomic mass is 10.4. The lowest BCUT2D eigenvalue weighted by Gasteiger charge is -2.14. The molecule has 8 heteroatoms. The highest BCUT2D eigenvalue weighted by atomic mass is 16.6. The van der Waals surface area contributed by atoms with Crippen molar-refractivity contribution in [2.24, 2.45) is 0 Å². The monoisotopic (exact) mass is 295 g/mol. The third kappa shape index (κ3) is 14.5. The number of ether oxygens (including phenoxy) is 3. The molecule has 1 atom stereocenters. The second kappa shape index (κ2) is 13.9. The van der Waals surface area contributed by atoms with Crippen LogP contribution in [-0.2, 0) is 14.2 Å². The number of rotatable bonds is 7. The van der Waals surface area contributed by atoms with Crippen molar-refractivity contribution in [1.82, 2.24) is 15.5 Å². The maximum Gasteiger partial charge on any atom is 0.409 e. The summed E-state index contributed by atoms with van der Waals surface area (Å²) < 4.78 is 14.5. The van der Waals surface area contributed by atoms with Crippen LogP contribution in [0.3, 0.4) is 0 Å². The molecule has 0 saturated heterocycles. The van der Waals surface area contributed by atoms with Crippen molar-refractivity contribution >= 4 is 12.2 Å². The highest BCUT2D eigenvalue weighted by Gasteiger charge is 2.09. The number of nitrogens with one attached hydrogen (secondary N) is 2. The largest absolute Gasteiger partial charge is 0.444 e. The van der Waals surface area contributed by atoms with Gasteiger partial charge in [0.25, 0.3) is 0 Å². The highest BCUT2D eigenvalue weighted by Crippen LogP contribution is 1.91. The van der Waals surface area contributed by atoms with E-state index >= 15 is 0 Å². The van der Waals surface area contributed by atoms with E-state index in [2.05, 4.69) is 10.6 Å². The molecule has 2 amide bonds. The smallest absolute Gasteiger partial charge is 0.409 e. The Morgan fingerprint density at radius 2 is 1.70 bits per heavy atom. The van der Waals surface area contributed by atoms with E-state index < -0.39 is 12.2 Å². The van der Waals surface area contributed by atoms with Gasteiger partial charge in [0.1, 0.15) is 12.8 Å². The molecule has 0 spiro atoms. The van der Waals surface area contributed by atoms with Crippen LogP contribution in [0.2, 0.25) is 0 Å². The van der Waals surface area contributed by atoms with Crippen molar-refractivity contribution in [3.05, 3.63) is 0 Å². The molecule has 0 aromatic heterocycles. The van der Waals surface area contributed by atoms with Crippen molar-refractivity contribution in [1.29, 1.82) is 0 Å². The van der Waals surface area contributed by atoms with Crippen LogP contribution in [0.5, 0.6) is 0 Å². The Morgan fingerprint density at radius 3 is 2.20 bits per heavy atom. The molecule has 0 aromatic rings. The van der Waals surface area contributed by atoms with E-state index in [9.17, 15) is 9.59 Å². The zero-order valence-corrected chi connectivity index (χ0v) is 11.2. The third-order valence-electron chi connectivity index (χ3n) is 1.63. The lowest BCUT2D eigenvalue weighted by Crippen LogP contribution is -2.40. The molecule has 122 valence electrons. The highest BCUT2D eigenvalue weighted by molar-refractivity contribution is 5.70. The molecule has 0 aliphatic carbocycles. The van der Waals surface area contributed by atoms with E-state index in [1.54, 1.807) is 25.9 Å². The van der Waals surface area contributed by atoms with Crippen molar-refractivity contribution in [2.75, 3.05) is 41.2 Å². The summed E-state index contributed by atoms with van der Waals surface area (Å²) in [5, 5.41) is 4.69. The Balaban J connectivity index is -0.00000144. The molecule has 0 bridgehead atoms. The minimum Gasteiger partial charge on any atom is -0.444 e. The minimum absolute atomic E-state index is 0. The average Bonchev–Trinajstić information content (AvgIpc) is 2.26. The Labute approximate surface area is 121 Å². The summed E-state index contributed by atoms with van der Waals surface area (Å²) in [6, 6.07) is 0. The van der Waals surface area contributed by atoms with Crippen molar-refractivity contribution < 1.29 is 23.8 Å². The second-order valence-corrected chi connectivity index (χ2v) is 3.84. The molecule has 0 fully saturated rings. The number of methoxy groups -OCH3 is 1. The summed E-state index contributed by atoms with van der Waals surface area (Å²) >= 11 is 0. The molecule has 1 unspecified atom stereocenters. The van der Waals surface area contributed by atoms with E-state index in [-0.39, 0.29) is 34.4 Å². The minimum atomic E-state index is -0.632. The van der Waals surface area contributed by atoms with E-state index in [4.69, 9.17) is 14.2 Å². The zero-order chi connectivity index (χ0) is 14.0. The Bertz CT molecular complexity index is 261. The molecule has 0 saturated carbocycles. The maximum absolute atomic E-state index is 11.2. The Morgan fingerprint density at radius 1 is 1.15 bits per heavy atom. The first-order valence-corrected chi connectivity index (χ1v) is 5.44. The molecule has 8 nitrogen and oxygen atoms in total. The summed E-state index contributed by atoms with van der Waals surface area (Å²) in [4.78, 5) is 24.0. The van der Waals surface area contributed by atoms with Gasteiger partial charge in [0.15, 0.2) is 0 Å². The quantitative estimate of drug-likeness (QED) is 0.687. The molecule has 0 heterocycles. The van der Waals surface area contributed by atoms with Crippen molar-refractivity contribution in [3.63, 3.8) is 0 Å². The summed E-state index contributed by atoms with van der Waals surface area (Å²) in [6.45, 7) is 2.11. The maximum atomic E-state index is 11.2. The van der Waals surface area contributed by atoms with Gasteiger partial charge in [-0.2, -0.15) is 0 Å². The van der Waals surface area contributed by atoms with E-state index in [1.807, 2.05) is 0 Å². The number of alkyl carbamates (subject to hydrolysis) is 2. The van der Waals surface area contributed by atoms with Crippen LogP contribution in [0.4, 0.5) is 9.59 Å². The number of nitrogens with zero attached hydrogens (tertiary/aromatic N) is 1. The second-order valence-electron chi connectivity index (χ2n) is 3.84. The van der Waals surface area contributed by atoms with E-state index in [0.29, 0.717) is 6.61 Å². The van der Waals surface area contributed by atoms with Crippen LogP contribution in [0.1, 0.15) is 21.8 Å². The number of amides is 2. The van der Waals surface area contributed by atoms with Crippen LogP contribution in [0.15, 0.2) is 0 Å². The number of hydrogen-bond donors (Lipinski definition) is 2. The normalized spacial score (nSPS) is 10.7. The fourth-order valence-corrected chi connectivity index (χ4v) is 0.920. The van der Waals surface area contributed by atoms with Crippen LogP contribution >= 0.6 is 0 Å². The van der Waals surface area contributed by atoms with Crippen LogP contribution in [0, 0.1) is 0 Å². The van der Waals surface area contributed by atoms with Gasteiger partial charge in [-0.25, -0.2) is 9.59 Å². The Kier molecular flexibility index (Phi) is 16.3. The Hall–Kier alpha value is -1.54. The molecule has 20 heavy (non-hydrogen) atoms. The topological polar surface area (TPSA) is 89.1 Å². The van der Waals surface area contributed by atoms with Crippen molar-refractivity contribution in [3.8, 4) is 0 Å². The van der Waals surface area contributed by atoms with Gasteiger partial charge in [0.05, 0.1) is 13.3 Å². The number of hydrogen-bond acceptors (Lipinski definition) is 6. The molecule has 2 N–H and O–H groups in total. The fraction of sp³-hybridized carbons (Fsp3) is 0.833. The van der Waals surface area contributed by atoms with Gasteiger partial charge in [-0.3, -0.25) is 4.90 Å². The lowest BCUT2D eigenvalue weighted by molar-refractivity contribution is 0.0485. The molecule has 0 aromatic carbocycles. The van der Waals surface area contributed by atoms with Gasteiger partial charge in [-0.15, -0.1) is 0 Å². The summed E-state index contributed by atoms with van der Waals surface area (Å²) in [6.07, 6.45) is -1.60. The summed E-state index contributed by atoms with van der Waals surface area (Å²) in [7, 11) is 5.04. The summed E-state index contributed by atoms with van der Waals surface area (Å²) in [5.74, 6) is 0. The molecular weight excluding hydrogens is 266 g/mol. The van der Waals surface area contributed by atoms with Gasteiger partial charge < -0.3 is 24.8 Å². The van der Waals surface area contributed by atoms with Crippen LogP contribution in [-0.4, -0.2) is 64.4 Å². The number of carbonyl (C=O) groups excluding carboxylic acids is 2. The molecule has 0 aliphatic rings. The first kappa shape index (κ1) is 23.5. The third-order valence-corrected chi connectivity index (χ3v) is 1.63. The summed E-state index contributed by atoms with van der Waals surface area (Å²) in [5.41, 5.74) is 0. The molecule has 0 rings (SSSR count). The van der Waals surface area contributed by atoms with Gasteiger partial charge >= 0.3 is 12.2 Å². The van der Waals surface area contributed by atoms with E-state index in [0.717, 1.165) is 0 Å². The molecule has 0 radical (unpaired) electrons. The number of carbonyl (C=O) groups is 2. The predicted molar refractivity (Wildman–Crippen MR) is 77.5 cm³/mol. The van der Waals surface area contributed by atoms with Gasteiger partial charge in [-0.05, 0) is 21.0 Å². The zero-order valence-electron chi connectivity index (χ0n) is 11.2. The SMILES string of the molecule is C.C.COCC(C)OC(=O)NCNC(=O)OCN(C)C. The first-order chi connectivity index (χ1) is 8.45. The van der Waals surface area contributed by atoms with Gasteiger partial charge in [0, 0.05) is 7.11 Å². The predicted octanol–water partition coefficient (Wildman–Crippen LogP) is 1.22. The first-order valence-electron chi connectivity index (χ1n) is 5.44. The fourth-order valence-electron chi connectivity index (χ4n) is 0.920. The molecular formula is C12H29N3O5. The van der Waals surface area contributed by atoms with E-state index in [1.165, 1.54) is 7.11 Å². The molecule has 0 aliphatic heterocycles.